The zero-order valence-corrected chi connectivity index (χ0v) is 11.2. The summed E-state index contributed by atoms with van der Waals surface area (Å²) in [6.07, 6.45) is 3.60. The van der Waals surface area contributed by atoms with Gasteiger partial charge in [-0.05, 0) is 30.3 Å². The zero-order valence-electron chi connectivity index (χ0n) is 11.2. The van der Waals surface area contributed by atoms with Gasteiger partial charge in [-0.25, -0.2) is 0 Å². The second kappa shape index (κ2) is 6.04. The van der Waals surface area contributed by atoms with Crippen molar-refractivity contribution in [2.45, 2.75) is 6.54 Å². The third kappa shape index (κ3) is 3.58. The van der Waals surface area contributed by atoms with Crippen LogP contribution in [0.2, 0.25) is 0 Å². The van der Waals surface area contributed by atoms with Crippen LogP contribution < -0.4 is 10.2 Å². The lowest BCUT2D eigenvalue weighted by molar-refractivity contribution is 0.0952. The zero-order chi connectivity index (χ0) is 13.7. The van der Waals surface area contributed by atoms with Gasteiger partial charge >= 0.3 is 0 Å². The quantitative estimate of drug-likeness (QED) is 0.881. The summed E-state index contributed by atoms with van der Waals surface area (Å²) in [4.78, 5) is 13.9. The number of hydrogen-bond acceptors (Lipinski definition) is 3. The van der Waals surface area contributed by atoms with Crippen LogP contribution in [0, 0.1) is 0 Å². The Bertz CT molecular complexity index is 517. The highest BCUT2D eigenvalue weighted by atomic mass is 16.1. The van der Waals surface area contributed by atoms with Crippen molar-refractivity contribution >= 4 is 11.6 Å². The first kappa shape index (κ1) is 13.1. The van der Waals surface area contributed by atoms with Crippen LogP contribution in [0.15, 0.2) is 42.7 Å². The van der Waals surface area contributed by atoms with Crippen molar-refractivity contribution in [2.75, 3.05) is 25.5 Å². The van der Waals surface area contributed by atoms with Crippen molar-refractivity contribution < 1.29 is 4.79 Å². The van der Waals surface area contributed by atoms with Crippen molar-refractivity contribution in [1.82, 2.24) is 15.1 Å². The molecule has 1 aromatic carbocycles. The third-order valence-corrected chi connectivity index (χ3v) is 2.83. The normalized spacial score (nSPS) is 10.2. The maximum absolute atomic E-state index is 11.9. The molecule has 0 unspecified atom stereocenters. The molecule has 0 atom stereocenters. The Morgan fingerprint density at radius 2 is 2.05 bits per heavy atom. The number of aromatic nitrogens is 2. The van der Waals surface area contributed by atoms with Crippen molar-refractivity contribution in [3.05, 3.63) is 48.3 Å². The fourth-order valence-corrected chi connectivity index (χ4v) is 1.73. The minimum absolute atomic E-state index is 0.0579. The first-order valence-corrected chi connectivity index (χ1v) is 6.20. The molecule has 0 aliphatic rings. The summed E-state index contributed by atoms with van der Waals surface area (Å²) in [5.41, 5.74) is 1.75. The largest absolute Gasteiger partial charge is 0.378 e. The number of anilines is 1. The van der Waals surface area contributed by atoms with Crippen LogP contribution in [-0.2, 0) is 6.54 Å². The summed E-state index contributed by atoms with van der Waals surface area (Å²) in [6, 6.07) is 9.39. The van der Waals surface area contributed by atoms with E-state index in [4.69, 9.17) is 0 Å². The summed E-state index contributed by atoms with van der Waals surface area (Å²) in [7, 11) is 3.94. The van der Waals surface area contributed by atoms with Gasteiger partial charge in [0, 0.05) is 44.3 Å². The van der Waals surface area contributed by atoms with Crippen LogP contribution >= 0.6 is 0 Å². The smallest absolute Gasteiger partial charge is 0.251 e. The molecule has 0 saturated carbocycles. The Labute approximate surface area is 112 Å². The van der Waals surface area contributed by atoms with Gasteiger partial charge in [0.05, 0.1) is 6.54 Å². The predicted octanol–water partition coefficient (Wildman–Crippen LogP) is 1.38. The fraction of sp³-hybridized carbons (Fsp3) is 0.286. The van der Waals surface area contributed by atoms with Crippen LogP contribution in [0.5, 0.6) is 0 Å². The molecule has 2 rings (SSSR count). The molecule has 0 aliphatic heterocycles. The summed E-state index contributed by atoms with van der Waals surface area (Å²) in [5, 5.41) is 6.95. The lowest BCUT2D eigenvalue weighted by Gasteiger charge is -2.12. The molecular weight excluding hydrogens is 240 g/mol. The van der Waals surface area contributed by atoms with Crippen molar-refractivity contribution in [3.63, 3.8) is 0 Å². The number of carbonyl (C=O) groups excluding carboxylic acids is 1. The van der Waals surface area contributed by atoms with E-state index in [-0.39, 0.29) is 5.91 Å². The van der Waals surface area contributed by atoms with Crippen molar-refractivity contribution in [3.8, 4) is 0 Å². The molecule has 0 bridgehead atoms. The number of amides is 1. The minimum Gasteiger partial charge on any atom is -0.378 e. The third-order valence-electron chi connectivity index (χ3n) is 2.83. The van der Waals surface area contributed by atoms with Gasteiger partial charge in [0.2, 0.25) is 0 Å². The lowest BCUT2D eigenvalue weighted by Crippen LogP contribution is -2.27. The first-order valence-electron chi connectivity index (χ1n) is 6.20. The minimum atomic E-state index is -0.0579. The number of nitrogens with one attached hydrogen (secondary N) is 1. The molecule has 2 aromatic rings. The Balaban J connectivity index is 1.85. The molecular formula is C14H18N4O. The van der Waals surface area contributed by atoms with E-state index in [1.807, 2.05) is 55.5 Å². The van der Waals surface area contributed by atoms with E-state index in [1.165, 1.54) is 0 Å². The summed E-state index contributed by atoms with van der Waals surface area (Å²) in [5.74, 6) is -0.0579. The average Bonchev–Trinajstić information content (AvgIpc) is 2.92. The molecule has 19 heavy (non-hydrogen) atoms. The van der Waals surface area contributed by atoms with Crippen LogP contribution in [0.25, 0.3) is 0 Å². The topological polar surface area (TPSA) is 50.2 Å². The molecule has 0 fully saturated rings. The number of benzene rings is 1. The standard InChI is InChI=1S/C14H18N4O/c1-17(2)13-6-4-12(5-7-13)14(19)15-9-11-18-10-3-8-16-18/h3-8,10H,9,11H2,1-2H3,(H,15,19). The molecule has 1 amide bonds. The van der Waals surface area contributed by atoms with Crippen molar-refractivity contribution in [1.29, 1.82) is 0 Å². The highest BCUT2D eigenvalue weighted by molar-refractivity contribution is 5.94. The van der Waals surface area contributed by atoms with Gasteiger partial charge in [0.15, 0.2) is 0 Å². The second-order valence-corrected chi connectivity index (χ2v) is 4.47. The Hall–Kier alpha value is -2.30. The monoisotopic (exact) mass is 258 g/mol. The van der Waals surface area contributed by atoms with E-state index < -0.39 is 0 Å². The summed E-state index contributed by atoms with van der Waals surface area (Å²) in [6.45, 7) is 1.24. The lowest BCUT2D eigenvalue weighted by atomic mass is 10.2. The van der Waals surface area contributed by atoms with Gasteiger partial charge in [0.25, 0.3) is 5.91 Å². The maximum atomic E-state index is 11.9. The number of hydrogen-bond donors (Lipinski definition) is 1. The molecule has 1 N–H and O–H groups in total. The molecule has 0 saturated heterocycles. The average molecular weight is 258 g/mol. The molecule has 1 aromatic heterocycles. The number of carbonyl (C=O) groups is 1. The molecule has 100 valence electrons. The van der Waals surface area contributed by atoms with Gasteiger partial charge in [0.1, 0.15) is 0 Å². The summed E-state index contributed by atoms with van der Waals surface area (Å²) >= 11 is 0. The van der Waals surface area contributed by atoms with Crippen LogP contribution in [0.4, 0.5) is 5.69 Å². The molecule has 5 nitrogen and oxygen atoms in total. The first-order chi connectivity index (χ1) is 9.16. The van der Waals surface area contributed by atoms with E-state index in [0.29, 0.717) is 18.7 Å². The van der Waals surface area contributed by atoms with E-state index in [1.54, 1.807) is 10.9 Å². The van der Waals surface area contributed by atoms with Crippen LogP contribution in [0.1, 0.15) is 10.4 Å². The van der Waals surface area contributed by atoms with E-state index >= 15 is 0 Å². The van der Waals surface area contributed by atoms with E-state index in [2.05, 4.69) is 10.4 Å². The Kier molecular flexibility index (Phi) is 4.18. The van der Waals surface area contributed by atoms with Gasteiger partial charge in [-0.2, -0.15) is 5.10 Å². The number of nitrogens with zero attached hydrogens (tertiary/aromatic N) is 3. The Morgan fingerprint density at radius 1 is 1.32 bits per heavy atom. The molecule has 0 spiro atoms. The molecule has 1 heterocycles. The molecule has 0 radical (unpaired) electrons. The SMILES string of the molecule is CN(C)c1ccc(C(=O)NCCn2cccn2)cc1. The second-order valence-electron chi connectivity index (χ2n) is 4.47. The maximum Gasteiger partial charge on any atom is 0.251 e. The van der Waals surface area contributed by atoms with E-state index in [0.717, 1.165) is 5.69 Å². The Morgan fingerprint density at radius 3 is 2.63 bits per heavy atom. The van der Waals surface area contributed by atoms with Crippen molar-refractivity contribution in [2.24, 2.45) is 0 Å². The van der Waals surface area contributed by atoms with Crippen LogP contribution in [0.3, 0.4) is 0 Å². The number of rotatable bonds is 5. The highest BCUT2D eigenvalue weighted by Crippen LogP contribution is 2.11. The van der Waals surface area contributed by atoms with E-state index in [9.17, 15) is 4.79 Å². The summed E-state index contributed by atoms with van der Waals surface area (Å²) < 4.78 is 1.79. The van der Waals surface area contributed by atoms with Crippen LogP contribution in [-0.4, -0.2) is 36.3 Å². The van der Waals surface area contributed by atoms with Gasteiger partial charge < -0.3 is 10.2 Å². The predicted molar refractivity (Wildman–Crippen MR) is 75.3 cm³/mol. The molecule has 0 aliphatic carbocycles. The van der Waals surface area contributed by atoms with Gasteiger partial charge in [-0.1, -0.05) is 0 Å². The molecule has 5 heteroatoms. The van der Waals surface area contributed by atoms with Gasteiger partial charge in [-0.15, -0.1) is 0 Å². The highest BCUT2D eigenvalue weighted by Gasteiger charge is 2.05. The fourth-order valence-electron chi connectivity index (χ4n) is 1.73. The van der Waals surface area contributed by atoms with Gasteiger partial charge in [-0.3, -0.25) is 9.48 Å².